The van der Waals surface area contributed by atoms with Crippen LogP contribution in [0.4, 0.5) is 10.5 Å². The van der Waals surface area contributed by atoms with Gasteiger partial charge in [-0.15, -0.1) is 0 Å². The van der Waals surface area contributed by atoms with E-state index in [-0.39, 0.29) is 11.6 Å². The van der Waals surface area contributed by atoms with E-state index in [0.717, 1.165) is 12.8 Å². The van der Waals surface area contributed by atoms with Gasteiger partial charge >= 0.3 is 17.9 Å². The van der Waals surface area contributed by atoms with Gasteiger partial charge in [-0.2, -0.15) is 0 Å². The average Bonchev–Trinajstić information content (AvgIpc) is 3.35. The molecule has 1 aliphatic rings. The van der Waals surface area contributed by atoms with E-state index in [4.69, 9.17) is 4.74 Å². The SMILES string of the molecule is CC(C)(C)OC(=O)Nc1ccc(C(=O)NNC(=O)C(=O)NC2CC2)cc1. The van der Waals surface area contributed by atoms with Gasteiger partial charge in [-0.05, 0) is 57.9 Å². The average molecular weight is 362 g/mol. The van der Waals surface area contributed by atoms with Crippen molar-refractivity contribution in [2.45, 2.75) is 45.3 Å². The van der Waals surface area contributed by atoms with Crippen LogP contribution in [0.1, 0.15) is 44.0 Å². The van der Waals surface area contributed by atoms with Crippen LogP contribution in [0, 0.1) is 0 Å². The fourth-order valence-corrected chi connectivity index (χ4v) is 1.85. The molecule has 0 unspecified atom stereocenters. The zero-order valence-electron chi connectivity index (χ0n) is 14.8. The molecule has 0 heterocycles. The first-order valence-electron chi connectivity index (χ1n) is 8.15. The highest BCUT2D eigenvalue weighted by Crippen LogP contribution is 2.18. The van der Waals surface area contributed by atoms with Gasteiger partial charge in [0.1, 0.15) is 5.60 Å². The number of carbonyl (C=O) groups is 4. The van der Waals surface area contributed by atoms with Gasteiger partial charge in [-0.1, -0.05) is 0 Å². The second-order valence-corrected chi connectivity index (χ2v) is 6.86. The minimum Gasteiger partial charge on any atom is -0.444 e. The third-order valence-corrected chi connectivity index (χ3v) is 3.20. The standard InChI is InChI=1S/C17H22N4O5/c1-17(2,3)26-16(25)19-12-6-4-10(5-7-12)13(22)20-21-15(24)14(23)18-11-8-9-11/h4-7,11H,8-9H2,1-3H3,(H,18,23)(H,19,25)(H,20,22)(H,21,24). The van der Waals surface area contributed by atoms with Gasteiger partial charge < -0.3 is 10.1 Å². The summed E-state index contributed by atoms with van der Waals surface area (Å²) in [6.07, 6.45) is 1.10. The largest absolute Gasteiger partial charge is 0.444 e. The molecule has 1 aromatic rings. The molecule has 4 amide bonds. The number of carbonyl (C=O) groups excluding carboxylic acids is 4. The van der Waals surface area contributed by atoms with Crippen molar-refractivity contribution in [1.29, 1.82) is 0 Å². The molecular weight excluding hydrogens is 340 g/mol. The van der Waals surface area contributed by atoms with Crippen molar-refractivity contribution in [1.82, 2.24) is 16.2 Å². The Balaban J connectivity index is 1.81. The Morgan fingerprint density at radius 2 is 1.58 bits per heavy atom. The summed E-state index contributed by atoms with van der Waals surface area (Å²) in [5.41, 5.74) is 4.27. The summed E-state index contributed by atoms with van der Waals surface area (Å²) in [7, 11) is 0. The highest BCUT2D eigenvalue weighted by Gasteiger charge is 2.26. The van der Waals surface area contributed by atoms with E-state index in [1.165, 1.54) is 24.3 Å². The number of anilines is 1. The number of rotatable bonds is 3. The molecule has 1 aromatic carbocycles. The molecule has 0 spiro atoms. The molecule has 2 rings (SSSR count). The summed E-state index contributed by atoms with van der Waals surface area (Å²) < 4.78 is 5.12. The van der Waals surface area contributed by atoms with Crippen molar-refractivity contribution in [3.05, 3.63) is 29.8 Å². The van der Waals surface area contributed by atoms with E-state index >= 15 is 0 Å². The Morgan fingerprint density at radius 3 is 2.12 bits per heavy atom. The van der Waals surface area contributed by atoms with Crippen LogP contribution in [0.25, 0.3) is 0 Å². The molecular formula is C17H22N4O5. The number of hydrogen-bond donors (Lipinski definition) is 4. The normalized spacial score (nSPS) is 13.3. The zero-order chi connectivity index (χ0) is 19.3. The first-order chi connectivity index (χ1) is 12.1. The molecule has 9 heteroatoms. The lowest BCUT2D eigenvalue weighted by Gasteiger charge is -2.19. The molecule has 0 aliphatic heterocycles. The van der Waals surface area contributed by atoms with Gasteiger partial charge in [0.2, 0.25) is 0 Å². The van der Waals surface area contributed by atoms with Crippen molar-refractivity contribution < 1.29 is 23.9 Å². The summed E-state index contributed by atoms with van der Waals surface area (Å²) in [6.45, 7) is 5.25. The first kappa shape index (κ1) is 19.2. The highest BCUT2D eigenvalue weighted by molar-refractivity contribution is 6.35. The van der Waals surface area contributed by atoms with E-state index in [9.17, 15) is 19.2 Å². The summed E-state index contributed by atoms with van der Waals surface area (Å²) in [4.78, 5) is 46.6. The third-order valence-electron chi connectivity index (χ3n) is 3.20. The molecule has 26 heavy (non-hydrogen) atoms. The molecule has 1 aliphatic carbocycles. The molecule has 1 fully saturated rings. The molecule has 1 saturated carbocycles. The quantitative estimate of drug-likeness (QED) is 0.473. The van der Waals surface area contributed by atoms with Crippen LogP contribution in [-0.2, 0) is 14.3 Å². The first-order valence-corrected chi connectivity index (χ1v) is 8.15. The molecule has 0 radical (unpaired) electrons. The lowest BCUT2D eigenvalue weighted by atomic mass is 10.2. The third kappa shape index (κ3) is 6.42. The van der Waals surface area contributed by atoms with E-state index in [2.05, 4.69) is 16.1 Å². The predicted molar refractivity (Wildman–Crippen MR) is 93.1 cm³/mol. The van der Waals surface area contributed by atoms with Crippen LogP contribution in [0.5, 0.6) is 0 Å². The topological polar surface area (TPSA) is 126 Å². The van der Waals surface area contributed by atoms with Crippen LogP contribution in [-0.4, -0.2) is 35.5 Å². The molecule has 0 saturated heterocycles. The fourth-order valence-electron chi connectivity index (χ4n) is 1.85. The van der Waals surface area contributed by atoms with Crippen LogP contribution < -0.4 is 21.5 Å². The van der Waals surface area contributed by atoms with Crippen molar-refractivity contribution in [2.75, 3.05) is 5.32 Å². The molecule has 0 atom stereocenters. The summed E-state index contributed by atoms with van der Waals surface area (Å²) in [5.74, 6) is -2.32. The lowest BCUT2D eigenvalue weighted by Crippen LogP contribution is -2.48. The summed E-state index contributed by atoms with van der Waals surface area (Å²) in [5, 5.41) is 5.04. The number of amides is 4. The lowest BCUT2D eigenvalue weighted by molar-refractivity contribution is -0.139. The van der Waals surface area contributed by atoms with Crippen molar-refractivity contribution >= 4 is 29.5 Å². The maximum atomic E-state index is 12.0. The van der Waals surface area contributed by atoms with Crippen LogP contribution in [0.15, 0.2) is 24.3 Å². The van der Waals surface area contributed by atoms with Crippen molar-refractivity contribution in [3.8, 4) is 0 Å². The van der Waals surface area contributed by atoms with Gasteiger partial charge in [0.05, 0.1) is 0 Å². The smallest absolute Gasteiger partial charge is 0.412 e. The summed E-state index contributed by atoms with van der Waals surface area (Å²) in [6, 6.07) is 5.99. The predicted octanol–water partition coefficient (Wildman–Crippen LogP) is 1.07. The molecule has 9 nitrogen and oxygen atoms in total. The van der Waals surface area contributed by atoms with Crippen molar-refractivity contribution in [3.63, 3.8) is 0 Å². The van der Waals surface area contributed by atoms with E-state index < -0.39 is 29.4 Å². The van der Waals surface area contributed by atoms with Gasteiger partial charge in [0.15, 0.2) is 0 Å². The van der Waals surface area contributed by atoms with E-state index in [0.29, 0.717) is 5.69 Å². The van der Waals surface area contributed by atoms with Gasteiger partial charge in [0.25, 0.3) is 5.91 Å². The van der Waals surface area contributed by atoms with Gasteiger partial charge in [-0.3, -0.25) is 30.6 Å². The Labute approximate surface area is 150 Å². The summed E-state index contributed by atoms with van der Waals surface area (Å²) >= 11 is 0. The fraction of sp³-hybridized carbons (Fsp3) is 0.412. The number of benzene rings is 1. The zero-order valence-corrected chi connectivity index (χ0v) is 14.8. The Kier molecular flexibility index (Phi) is 5.81. The van der Waals surface area contributed by atoms with E-state index in [1.54, 1.807) is 20.8 Å². The number of nitrogens with one attached hydrogen (secondary N) is 4. The number of ether oxygens (including phenoxy) is 1. The molecule has 0 bridgehead atoms. The van der Waals surface area contributed by atoms with Crippen molar-refractivity contribution in [2.24, 2.45) is 0 Å². The molecule has 140 valence electrons. The Bertz CT molecular complexity index is 705. The second kappa shape index (κ2) is 7.85. The van der Waals surface area contributed by atoms with Crippen LogP contribution >= 0.6 is 0 Å². The molecule has 4 N–H and O–H groups in total. The molecule has 0 aromatic heterocycles. The minimum absolute atomic E-state index is 0.0500. The van der Waals surface area contributed by atoms with Gasteiger partial charge in [0, 0.05) is 17.3 Å². The number of hydrogen-bond acceptors (Lipinski definition) is 5. The van der Waals surface area contributed by atoms with Crippen LogP contribution in [0.2, 0.25) is 0 Å². The second-order valence-electron chi connectivity index (χ2n) is 6.86. The number of hydrazine groups is 1. The van der Waals surface area contributed by atoms with Gasteiger partial charge in [-0.25, -0.2) is 4.79 Å². The minimum atomic E-state index is -0.937. The maximum absolute atomic E-state index is 12.0. The monoisotopic (exact) mass is 362 g/mol. The maximum Gasteiger partial charge on any atom is 0.412 e. The Hall–Kier alpha value is -3.10. The highest BCUT2D eigenvalue weighted by atomic mass is 16.6. The Morgan fingerprint density at radius 1 is 0.962 bits per heavy atom. The van der Waals surface area contributed by atoms with Crippen LogP contribution in [0.3, 0.4) is 0 Å². The van der Waals surface area contributed by atoms with E-state index in [1.807, 2.05) is 5.43 Å².